The van der Waals surface area contributed by atoms with Crippen LogP contribution in [0.4, 0.5) is 0 Å². The van der Waals surface area contributed by atoms with E-state index < -0.39 is 0 Å². The Hall–Kier alpha value is -1.79. The number of hydrogen-bond donors (Lipinski definition) is 0. The summed E-state index contributed by atoms with van der Waals surface area (Å²) in [6.07, 6.45) is 1.80. The SMILES string of the molecule is COC(C#CO[C]=O)c1ccccc1. The Kier molecular flexibility index (Phi) is 4.25. The van der Waals surface area contributed by atoms with Crippen LogP contribution in [0.25, 0.3) is 0 Å². The molecule has 0 aliphatic carbocycles. The van der Waals surface area contributed by atoms with Crippen molar-refractivity contribution in [1.29, 1.82) is 0 Å². The molecule has 0 aliphatic heterocycles. The molecule has 14 heavy (non-hydrogen) atoms. The first kappa shape index (κ1) is 10.3. The summed E-state index contributed by atoms with van der Waals surface area (Å²) in [5, 5.41) is 0. The molecule has 0 spiro atoms. The summed E-state index contributed by atoms with van der Waals surface area (Å²) >= 11 is 0. The lowest BCUT2D eigenvalue weighted by Gasteiger charge is -2.07. The smallest absolute Gasteiger partial charge is 0.364 e. The number of ether oxygens (including phenoxy) is 2. The van der Waals surface area contributed by atoms with Gasteiger partial charge >= 0.3 is 6.47 Å². The molecule has 3 nitrogen and oxygen atoms in total. The molecule has 71 valence electrons. The molecule has 0 bridgehead atoms. The van der Waals surface area contributed by atoms with Gasteiger partial charge in [0.1, 0.15) is 12.2 Å². The summed E-state index contributed by atoms with van der Waals surface area (Å²) in [6.45, 7) is 1.22. The van der Waals surface area contributed by atoms with Gasteiger partial charge in [-0.25, -0.2) is 4.79 Å². The molecule has 1 unspecified atom stereocenters. The van der Waals surface area contributed by atoms with Crippen molar-refractivity contribution in [3.8, 4) is 12.0 Å². The maximum absolute atomic E-state index is 9.72. The van der Waals surface area contributed by atoms with Crippen molar-refractivity contribution in [1.82, 2.24) is 0 Å². The summed E-state index contributed by atoms with van der Waals surface area (Å²) in [6, 6.07) is 9.44. The van der Waals surface area contributed by atoms with Crippen molar-refractivity contribution < 1.29 is 14.3 Å². The molecule has 0 aliphatic rings. The maximum atomic E-state index is 9.72. The Bertz CT molecular complexity index is 335. The molecule has 0 fully saturated rings. The Morgan fingerprint density at radius 3 is 2.57 bits per heavy atom. The lowest BCUT2D eigenvalue weighted by Crippen LogP contribution is -1.97. The van der Waals surface area contributed by atoms with Crippen LogP contribution in [0, 0.1) is 12.0 Å². The third-order valence-corrected chi connectivity index (χ3v) is 1.62. The van der Waals surface area contributed by atoms with Crippen LogP contribution in [-0.2, 0) is 14.3 Å². The van der Waals surface area contributed by atoms with Crippen LogP contribution in [0.1, 0.15) is 11.7 Å². The van der Waals surface area contributed by atoms with E-state index in [2.05, 4.69) is 16.8 Å². The highest BCUT2D eigenvalue weighted by Crippen LogP contribution is 2.14. The third kappa shape index (κ3) is 2.92. The van der Waals surface area contributed by atoms with Gasteiger partial charge in [-0.05, 0) is 11.5 Å². The van der Waals surface area contributed by atoms with Crippen molar-refractivity contribution in [2.24, 2.45) is 0 Å². The average Bonchev–Trinajstić information content (AvgIpc) is 2.26. The maximum Gasteiger partial charge on any atom is 0.432 e. The number of rotatable bonds is 3. The van der Waals surface area contributed by atoms with Gasteiger partial charge in [-0.1, -0.05) is 30.3 Å². The van der Waals surface area contributed by atoms with Gasteiger partial charge < -0.3 is 9.47 Å². The Balaban J connectivity index is 2.74. The van der Waals surface area contributed by atoms with Crippen LogP contribution in [0.3, 0.4) is 0 Å². The van der Waals surface area contributed by atoms with Crippen LogP contribution in [0.2, 0.25) is 0 Å². The van der Waals surface area contributed by atoms with Gasteiger partial charge in [0.15, 0.2) is 0 Å². The zero-order valence-corrected chi connectivity index (χ0v) is 7.69. The van der Waals surface area contributed by atoms with Crippen molar-refractivity contribution in [2.75, 3.05) is 7.11 Å². The van der Waals surface area contributed by atoms with Gasteiger partial charge in [-0.3, -0.25) is 0 Å². The average molecular weight is 189 g/mol. The molecule has 1 aromatic rings. The Labute approximate surface area is 82.6 Å². The number of carbonyl (C=O) groups excluding carboxylic acids is 1. The second-order valence-corrected chi connectivity index (χ2v) is 2.46. The fourth-order valence-electron chi connectivity index (χ4n) is 1.01. The molecule has 0 saturated heterocycles. The molecule has 1 radical (unpaired) electrons. The molecule has 0 aromatic heterocycles. The largest absolute Gasteiger partial charge is 0.432 e. The third-order valence-electron chi connectivity index (χ3n) is 1.62. The van der Waals surface area contributed by atoms with E-state index in [-0.39, 0.29) is 6.10 Å². The molecule has 0 N–H and O–H groups in total. The van der Waals surface area contributed by atoms with E-state index in [0.717, 1.165) is 5.56 Å². The monoisotopic (exact) mass is 189 g/mol. The zero-order valence-electron chi connectivity index (χ0n) is 7.69. The molecule has 1 atom stereocenters. The quantitative estimate of drug-likeness (QED) is 0.674. The van der Waals surface area contributed by atoms with Crippen LogP contribution in [0.5, 0.6) is 0 Å². The van der Waals surface area contributed by atoms with E-state index in [1.165, 1.54) is 13.6 Å². The molecule has 1 aromatic carbocycles. The second-order valence-electron chi connectivity index (χ2n) is 2.46. The highest BCUT2D eigenvalue weighted by Gasteiger charge is 2.04. The summed E-state index contributed by atoms with van der Waals surface area (Å²) < 4.78 is 9.24. The van der Waals surface area contributed by atoms with Crippen molar-refractivity contribution in [2.45, 2.75) is 6.10 Å². The minimum absolute atomic E-state index is 0.385. The topological polar surface area (TPSA) is 35.5 Å². The molecule has 1 rings (SSSR count). The molecule has 0 saturated carbocycles. The van der Waals surface area contributed by atoms with Gasteiger partial charge in [0.05, 0.1) is 0 Å². The second kappa shape index (κ2) is 5.79. The minimum Gasteiger partial charge on any atom is -0.364 e. The van der Waals surface area contributed by atoms with E-state index in [9.17, 15) is 4.79 Å². The summed E-state index contributed by atoms with van der Waals surface area (Å²) in [4.78, 5) is 9.72. The first-order valence-electron chi connectivity index (χ1n) is 3.99. The fourth-order valence-corrected chi connectivity index (χ4v) is 1.01. The van der Waals surface area contributed by atoms with Crippen LogP contribution in [0.15, 0.2) is 30.3 Å². The number of methoxy groups -OCH3 is 1. The van der Waals surface area contributed by atoms with E-state index in [1.54, 1.807) is 0 Å². The zero-order chi connectivity index (χ0) is 10.2. The molecular weight excluding hydrogens is 180 g/mol. The standard InChI is InChI=1S/C11H9O3/c1-13-11(7-8-14-9-12)10-5-3-2-4-6-10/h2-6,11H,1H3. The lowest BCUT2D eigenvalue weighted by atomic mass is 10.1. The van der Waals surface area contributed by atoms with E-state index in [4.69, 9.17) is 4.74 Å². The number of hydrogen-bond acceptors (Lipinski definition) is 3. The van der Waals surface area contributed by atoms with E-state index in [1.807, 2.05) is 30.3 Å². The summed E-state index contributed by atoms with van der Waals surface area (Å²) in [5.41, 5.74) is 0.914. The highest BCUT2D eigenvalue weighted by atomic mass is 16.5. The Morgan fingerprint density at radius 1 is 1.29 bits per heavy atom. The minimum atomic E-state index is -0.385. The molecule has 0 heterocycles. The highest BCUT2D eigenvalue weighted by molar-refractivity contribution is 5.41. The van der Waals surface area contributed by atoms with Gasteiger partial charge in [0.2, 0.25) is 0 Å². The van der Waals surface area contributed by atoms with E-state index in [0.29, 0.717) is 0 Å². The van der Waals surface area contributed by atoms with E-state index >= 15 is 0 Å². The summed E-state index contributed by atoms with van der Waals surface area (Å²) in [7, 11) is 1.54. The molecular formula is C11H9O3. The predicted octanol–water partition coefficient (Wildman–Crippen LogP) is 1.42. The molecule has 3 heteroatoms. The number of benzene rings is 1. The first-order valence-corrected chi connectivity index (χ1v) is 3.99. The van der Waals surface area contributed by atoms with Gasteiger partial charge in [-0.15, -0.1) is 0 Å². The van der Waals surface area contributed by atoms with Crippen molar-refractivity contribution >= 4 is 6.47 Å². The normalized spacial score (nSPS) is 10.9. The van der Waals surface area contributed by atoms with Gasteiger partial charge in [0, 0.05) is 7.11 Å². The lowest BCUT2D eigenvalue weighted by molar-refractivity contribution is 0.149. The van der Waals surface area contributed by atoms with Crippen LogP contribution in [-0.4, -0.2) is 13.6 Å². The van der Waals surface area contributed by atoms with Crippen molar-refractivity contribution in [3.05, 3.63) is 35.9 Å². The van der Waals surface area contributed by atoms with Crippen LogP contribution < -0.4 is 0 Å². The Morgan fingerprint density at radius 2 is 2.00 bits per heavy atom. The van der Waals surface area contributed by atoms with Crippen molar-refractivity contribution in [3.63, 3.8) is 0 Å². The summed E-state index contributed by atoms with van der Waals surface area (Å²) in [5.74, 6) is 2.63. The van der Waals surface area contributed by atoms with Gasteiger partial charge in [0.25, 0.3) is 0 Å². The first-order chi connectivity index (χ1) is 6.88. The molecule has 0 amide bonds. The fraction of sp³-hybridized carbons (Fsp3) is 0.182. The predicted molar refractivity (Wildman–Crippen MR) is 50.7 cm³/mol. The van der Waals surface area contributed by atoms with Gasteiger partial charge in [-0.2, -0.15) is 0 Å². The van der Waals surface area contributed by atoms with Crippen LogP contribution >= 0.6 is 0 Å².